The van der Waals surface area contributed by atoms with Crippen molar-refractivity contribution in [3.63, 3.8) is 0 Å². The van der Waals surface area contributed by atoms with Gasteiger partial charge in [-0.15, -0.1) is 0 Å². The number of esters is 2. The van der Waals surface area contributed by atoms with Crippen LogP contribution in [0, 0.1) is 0 Å². The quantitative estimate of drug-likeness (QED) is 0.0522. The molecule has 1 atom stereocenters. The third-order valence-corrected chi connectivity index (χ3v) is 9.59. The first-order valence-electron chi connectivity index (χ1n) is 21.1. The normalized spacial score (nSPS) is 12.0. The summed E-state index contributed by atoms with van der Waals surface area (Å²) in [5.41, 5.74) is 0. The minimum absolute atomic E-state index is 0.107. The molecule has 0 aliphatic carbocycles. The number of carbonyl (C=O) groups excluding carboxylic acids is 2. The molecule has 280 valence electrons. The van der Waals surface area contributed by atoms with Crippen LogP contribution in [0.2, 0.25) is 0 Å². The van der Waals surface area contributed by atoms with Gasteiger partial charge in [0.05, 0.1) is 0 Å². The van der Waals surface area contributed by atoms with Crippen LogP contribution < -0.4 is 0 Å². The van der Waals surface area contributed by atoms with E-state index in [4.69, 9.17) is 9.47 Å². The summed E-state index contributed by atoms with van der Waals surface area (Å²) in [5.74, 6) is -0.548. The molecule has 0 aliphatic rings. The fourth-order valence-electron chi connectivity index (χ4n) is 6.38. The molecule has 47 heavy (non-hydrogen) atoms. The maximum Gasteiger partial charge on any atom is 0.305 e. The number of carbonyl (C=O) groups is 2. The molecule has 0 fully saturated rings. The van der Waals surface area contributed by atoms with Gasteiger partial charge in [-0.05, 0) is 12.8 Å². The van der Waals surface area contributed by atoms with E-state index in [9.17, 15) is 14.7 Å². The van der Waals surface area contributed by atoms with Crippen LogP contribution >= 0.6 is 0 Å². The first-order chi connectivity index (χ1) is 23.1. The van der Waals surface area contributed by atoms with Crippen molar-refractivity contribution >= 4 is 11.9 Å². The third kappa shape index (κ3) is 39.2. The highest BCUT2D eigenvalue weighted by molar-refractivity contribution is 5.69. The lowest BCUT2D eigenvalue weighted by Gasteiger charge is -2.12. The second-order valence-corrected chi connectivity index (χ2v) is 14.5. The smallest absolute Gasteiger partial charge is 0.305 e. The number of rotatable bonds is 39. The molecule has 0 rings (SSSR count). The second-order valence-electron chi connectivity index (χ2n) is 14.5. The lowest BCUT2D eigenvalue weighted by atomic mass is 10.0. The number of aliphatic hydroxyl groups is 1. The Bertz CT molecular complexity index is 637. The lowest BCUT2D eigenvalue weighted by Crippen LogP contribution is -2.25. The van der Waals surface area contributed by atoms with Crippen molar-refractivity contribution in [2.75, 3.05) is 13.2 Å². The summed E-state index contributed by atoms with van der Waals surface area (Å²) >= 11 is 0. The summed E-state index contributed by atoms with van der Waals surface area (Å²) < 4.78 is 10.4. The number of ether oxygens (including phenoxy) is 2. The molecule has 0 saturated heterocycles. The van der Waals surface area contributed by atoms with Crippen LogP contribution in [0.25, 0.3) is 0 Å². The average molecular weight is 667 g/mol. The van der Waals surface area contributed by atoms with Crippen molar-refractivity contribution in [2.24, 2.45) is 0 Å². The molecule has 0 amide bonds. The largest absolute Gasteiger partial charge is 0.463 e. The summed E-state index contributed by atoms with van der Waals surface area (Å²) in [4.78, 5) is 23.9. The second kappa shape index (κ2) is 39.3. The maximum atomic E-state index is 12.0. The minimum atomic E-state index is -0.954. The number of unbranched alkanes of at least 4 members (excludes halogenated alkanes) is 31. The standard InChI is InChI=1S/C42H82O5/c1-3-5-7-9-11-13-15-17-19-20-21-22-23-25-27-29-31-33-35-37-42(45)47-39-40(43)38-46-41(44)36-34-32-30-28-26-24-18-16-14-12-10-8-6-4-2/h40,43H,3-39H2,1-2H3/t40-/m1/s1. The topological polar surface area (TPSA) is 72.8 Å². The van der Waals surface area contributed by atoms with E-state index in [0.29, 0.717) is 12.8 Å². The molecule has 0 heterocycles. The number of hydrogen-bond donors (Lipinski definition) is 1. The molecule has 0 spiro atoms. The van der Waals surface area contributed by atoms with E-state index in [1.807, 2.05) is 0 Å². The Balaban J connectivity index is 3.35. The molecule has 0 aromatic carbocycles. The molecule has 0 bridgehead atoms. The Morgan fingerprint density at radius 2 is 0.553 bits per heavy atom. The van der Waals surface area contributed by atoms with Crippen LogP contribution in [0.5, 0.6) is 0 Å². The van der Waals surface area contributed by atoms with Gasteiger partial charge in [0.15, 0.2) is 0 Å². The fourth-order valence-corrected chi connectivity index (χ4v) is 6.38. The van der Waals surface area contributed by atoms with E-state index >= 15 is 0 Å². The molecule has 0 radical (unpaired) electrons. The number of hydrogen-bond acceptors (Lipinski definition) is 5. The van der Waals surface area contributed by atoms with Crippen molar-refractivity contribution < 1.29 is 24.2 Å². The van der Waals surface area contributed by atoms with E-state index in [1.165, 1.54) is 186 Å². The van der Waals surface area contributed by atoms with Gasteiger partial charge in [0, 0.05) is 12.8 Å². The van der Waals surface area contributed by atoms with Gasteiger partial charge in [0.2, 0.25) is 0 Å². The van der Waals surface area contributed by atoms with Crippen LogP contribution in [0.1, 0.15) is 239 Å². The Labute approximate surface area is 293 Å². The molecule has 5 nitrogen and oxygen atoms in total. The molecule has 0 saturated carbocycles. The molecule has 0 aromatic rings. The molecule has 0 aromatic heterocycles. The fraction of sp³-hybridized carbons (Fsp3) is 0.952. The summed E-state index contributed by atoms with van der Waals surface area (Å²) in [7, 11) is 0. The predicted octanol–water partition coefficient (Wildman–Crippen LogP) is 13.1. The van der Waals surface area contributed by atoms with Gasteiger partial charge >= 0.3 is 11.9 Å². The zero-order valence-corrected chi connectivity index (χ0v) is 31.8. The predicted molar refractivity (Wildman–Crippen MR) is 201 cm³/mol. The first-order valence-corrected chi connectivity index (χ1v) is 21.1. The van der Waals surface area contributed by atoms with Gasteiger partial charge in [-0.1, -0.05) is 213 Å². The monoisotopic (exact) mass is 667 g/mol. The summed E-state index contributed by atoms with van der Waals surface area (Å²) in [6, 6.07) is 0. The van der Waals surface area contributed by atoms with Gasteiger partial charge in [0.1, 0.15) is 19.3 Å². The van der Waals surface area contributed by atoms with Gasteiger partial charge in [-0.25, -0.2) is 0 Å². The summed E-state index contributed by atoms with van der Waals surface area (Å²) in [6.07, 6.45) is 43.1. The molecule has 5 heteroatoms. The first kappa shape index (κ1) is 45.9. The van der Waals surface area contributed by atoms with Crippen LogP contribution in [0.4, 0.5) is 0 Å². The van der Waals surface area contributed by atoms with Gasteiger partial charge < -0.3 is 14.6 Å². The Hall–Kier alpha value is -1.10. The average Bonchev–Trinajstić information content (AvgIpc) is 3.07. The maximum absolute atomic E-state index is 12.0. The minimum Gasteiger partial charge on any atom is -0.463 e. The van der Waals surface area contributed by atoms with E-state index in [2.05, 4.69) is 13.8 Å². The Morgan fingerprint density at radius 1 is 0.362 bits per heavy atom. The Morgan fingerprint density at radius 3 is 0.766 bits per heavy atom. The van der Waals surface area contributed by atoms with E-state index in [1.54, 1.807) is 0 Å². The van der Waals surface area contributed by atoms with Crippen LogP contribution in [-0.2, 0) is 19.1 Å². The highest BCUT2D eigenvalue weighted by Crippen LogP contribution is 2.16. The summed E-state index contributed by atoms with van der Waals surface area (Å²) in [6.45, 7) is 4.34. The molecule has 0 unspecified atom stereocenters. The zero-order chi connectivity index (χ0) is 34.3. The van der Waals surface area contributed by atoms with Crippen molar-refractivity contribution in [3.05, 3.63) is 0 Å². The van der Waals surface area contributed by atoms with Crippen molar-refractivity contribution in [2.45, 2.75) is 245 Å². The zero-order valence-electron chi connectivity index (χ0n) is 31.8. The van der Waals surface area contributed by atoms with E-state index in [-0.39, 0.29) is 25.2 Å². The van der Waals surface area contributed by atoms with Crippen LogP contribution in [0.3, 0.4) is 0 Å². The Kier molecular flexibility index (Phi) is 38.4. The lowest BCUT2D eigenvalue weighted by molar-refractivity contribution is -0.152. The molecular formula is C42H82O5. The molecule has 0 aliphatic heterocycles. The molecular weight excluding hydrogens is 584 g/mol. The summed E-state index contributed by atoms with van der Waals surface area (Å²) in [5, 5.41) is 10.0. The van der Waals surface area contributed by atoms with Crippen LogP contribution in [0.15, 0.2) is 0 Å². The van der Waals surface area contributed by atoms with E-state index < -0.39 is 6.10 Å². The van der Waals surface area contributed by atoms with Gasteiger partial charge in [-0.3, -0.25) is 9.59 Å². The third-order valence-electron chi connectivity index (χ3n) is 9.59. The van der Waals surface area contributed by atoms with Gasteiger partial charge in [-0.2, -0.15) is 0 Å². The van der Waals surface area contributed by atoms with Crippen molar-refractivity contribution in [1.82, 2.24) is 0 Å². The molecule has 1 N–H and O–H groups in total. The highest BCUT2D eigenvalue weighted by Gasteiger charge is 2.12. The SMILES string of the molecule is CCCCCCCCCCCCCCCCCCCCCC(=O)OC[C@H](O)COC(=O)CCCCCCCCCCCCCCCC. The van der Waals surface area contributed by atoms with Crippen LogP contribution in [-0.4, -0.2) is 36.4 Å². The van der Waals surface area contributed by atoms with Crippen molar-refractivity contribution in [3.8, 4) is 0 Å². The van der Waals surface area contributed by atoms with Crippen molar-refractivity contribution in [1.29, 1.82) is 0 Å². The highest BCUT2D eigenvalue weighted by atomic mass is 16.6. The van der Waals surface area contributed by atoms with Gasteiger partial charge in [0.25, 0.3) is 0 Å². The number of aliphatic hydroxyl groups excluding tert-OH is 1. The van der Waals surface area contributed by atoms with E-state index in [0.717, 1.165) is 25.7 Å².